The minimum atomic E-state index is 0.208. The van der Waals surface area contributed by atoms with Crippen molar-refractivity contribution in [2.24, 2.45) is 5.92 Å². The van der Waals surface area contributed by atoms with Crippen molar-refractivity contribution >= 4 is 17.5 Å². The van der Waals surface area contributed by atoms with Gasteiger partial charge in [-0.05, 0) is 12.0 Å². The largest absolute Gasteiger partial charge is 0.342 e. The molecular weight excluding hydrogens is 226 g/mol. The van der Waals surface area contributed by atoms with Crippen LogP contribution in [0.1, 0.15) is 12.1 Å². The van der Waals surface area contributed by atoms with E-state index >= 15 is 0 Å². The predicted molar refractivity (Wildman–Crippen MR) is 61.1 cm³/mol. The van der Waals surface area contributed by atoms with Gasteiger partial charge in [-0.1, -0.05) is 0 Å². The summed E-state index contributed by atoms with van der Waals surface area (Å²) < 4.78 is 0. The van der Waals surface area contributed by atoms with Crippen LogP contribution in [0.25, 0.3) is 0 Å². The summed E-state index contributed by atoms with van der Waals surface area (Å²) in [6, 6.07) is 1.87. The molecule has 1 aromatic heterocycles. The van der Waals surface area contributed by atoms with Crippen molar-refractivity contribution in [3.63, 3.8) is 0 Å². The number of amides is 1. The van der Waals surface area contributed by atoms with Crippen LogP contribution in [0.3, 0.4) is 0 Å². The molecule has 1 atom stereocenters. The molecule has 2 heterocycles. The van der Waals surface area contributed by atoms with Crippen molar-refractivity contribution in [1.82, 2.24) is 14.9 Å². The lowest BCUT2D eigenvalue weighted by Gasteiger charge is -2.15. The summed E-state index contributed by atoms with van der Waals surface area (Å²) in [4.78, 5) is 21.5. The molecule has 2 rings (SSSR count). The van der Waals surface area contributed by atoms with Crippen molar-refractivity contribution in [1.29, 1.82) is 0 Å². The Balaban J connectivity index is 1.85. The van der Waals surface area contributed by atoms with Crippen LogP contribution in [-0.2, 0) is 11.2 Å². The van der Waals surface area contributed by atoms with Gasteiger partial charge in [0.1, 0.15) is 6.33 Å². The van der Waals surface area contributed by atoms with Gasteiger partial charge in [-0.2, -0.15) is 0 Å². The van der Waals surface area contributed by atoms with Crippen LogP contribution in [-0.4, -0.2) is 39.7 Å². The van der Waals surface area contributed by atoms with Gasteiger partial charge < -0.3 is 4.90 Å². The van der Waals surface area contributed by atoms with E-state index in [1.165, 1.54) is 6.33 Å². The van der Waals surface area contributed by atoms with E-state index in [-0.39, 0.29) is 5.91 Å². The molecule has 86 valence electrons. The number of hydrogen-bond donors (Lipinski definition) is 0. The first-order valence-corrected chi connectivity index (χ1v) is 5.91. The molecule has 4 nitrogen and oxygen atoms in total. The molecule has 0 N–H and O–H groups in total. The highest BCUT2D eigenvalue weighted by Crippen LogP contribution is 2.18. The molecular formula is C11H14ClN3O. The SMILES string of the molecule is O=C1CC(CCl)CN1CCc1ccncn1. The van der Waals surface area contributed by atoms with Crippen molar-refractivity contribution in [2.45, 2.75) is 12.8 Å². The molecule has 0 aliphatic carbocycles. The van der Waals surface area contributed by atoms with E-state index in [1.54, 1.807) is 6.20 Å². The maximum atomic E-state index is 11.6. The number of rotatable bonds is 4. The van der Waals surface area contributed by atoms with Crippen LogP contribution >= 0.6 is 11.6 Å². The maximum Gasteiger partial charge on any atom is 0.222 e. The Morgan fingerprint density at radius 2 is 2.44 bits per heavy atom. The summed E-state index contributed by atoms with van der Waals surface area (Å²) >= 11 is 5.76. The fourth-order valence-corrected chi connectivity index (χ4v) is 2.10. The summed E-state index contributed by atoms with van der Waals surface area (Å²) in [6.45, 7) is 1.51. The molecule has 1 aromatic rings. The molecule has 1 aliphatic heterocycles. The second-order valence-electron chi connectivity index (χ2n) is 4.01. The first-order chi connectivity index (χ1) is 7.79. The van der Waals surface area contributed by atoms with Crippen LogP contribution in [0.15, 0.2) is 18.6 Å². The van der Waals surface area contributed by atoms with Crippen LogP contribution < -0.4 is 0 Å². The van der Waals surface area contributed by atoms with Gasteiger partial charge in [-0.15, -0.1) is 11.6 Å². The molecule has 16 heavy (non-hydrogen) atoms. The lowest BCUT2D eigenvalue weighted by molar-refractivity contribution is -0.127. The van der Waals surface area contributed by atoms with Crippen molar-refractivity contribution in [3.05, 3.63) is 24.3 Å². The lowest BCUT2D eigenvalue weighted by atomic mass is 10.1. The van der Waals surface area contributed by atoms with E-state index in [2.05, 4.69) is 9.97 Å². The standard InChI is InChI=1S/C11H14ClN3O/c12-6-9-5-11(16)15(7-9)4-2-10-1-3-13-8-14-10/h1,3,8-9H,2,4-7H2. The first kappa shape index (κ1) is 11.3. The first-order valence-electron chi connectivity index (χ1n) is 5.38. The number of carbonyl (C=O) groups excluding carboxylic acids is 1. The quantitative estimate of drug-likeness (QED) is 0.740. The third kappa shape index (κ3) is 2.70. The highest BCUT2D eigenvalue weighted by molar-refractivity contribution is 6.18. The average Bonchev–Trinajstić information content (AvgIpc) is 2.69. The summed E-state index contributed by atoms with van der Waals surface area (Å²) in [5, 5.41) is 0. The number of aromatic nitrogens is 2. The van der Waals surface area contributed by atoms with E-state index < -0.39 is 0 Å². The van der Waals surface area contributed by atoms with E-state index in [9.17, 15) is 4.79 Å². The van der Waals surface area contributed by atoms with Gasteiger partial charge >= 0.3 is 0 Å². The van der Waals surface area contributed by atoms with E-state index in [0.29, 0.717) is 18.2 Å². The lowest BCUT2D eigenvalue weighted by Crippen LogP contribution is -2.27. The fourth-order valence-electron chi connectivity index (χ4n) is 1.89. The molecule has 0 spiro atoms. The molecule has 1 saturated heterocycles. The monoisotopic (exact) mass is 239 g/mol. The Kier molecular flexibility index (Phi) is 3.72. The van der Waals surface area contributed by atoms with Gasteiger partial charge in [-0.25, -0.2) is 9.97 Å². The summed E-state index contributed by atoms with van der Waals surface area (Å²) in [5.74, 6) is 1.09. The summed E-state index contributed by atoms with van der Waals surface area (Å²) in [7, 11) is 0. The second kappa shape index (κ2) is 5.25. The van der Waals surface area contributed by atoms with Crippen LogP contribution in [0.5, 0.6) is 0 Å². The molecule has 5 heteroatoms. The van der Waals surface area contributed by atoms with Crippen molar-refractivity contribution in [3.8, 4) is 0 Å². The Morgan fingerprint density at radius 3 is 3.06 bits per heavy atom. The zero-order valence-corrected chi connectivity index (χ0v) is 9.73. The zero-order valence-electron chi connectivity index (χ0n) is 8.97. The molecule has 0 aromatic carbocycles. The number of alkyl halides is 1. The minimum Gasteiger partial charge on any atom is -0.342 e. The Labute approximate surface area is 99.6 Å². The number of likely N-dealkylation sites (tertiary alicyclic amines) is 1. The highest BCUT2D eigenvalue weighted by Gasteiger charge is 2.28. The molecule has 1 amide bonds. The average molecular weight is 240 g/mol. The third-order valence-corrected chi connectivity index (χ3v) is 3.23. The van der Waals surface area contributed by atoms with Crippen LogP contribution in [0, 0.1) is 5.92 Å². The van der Waals surface area contributed by atoms with Crippen molar-refractivity contribution < 1.29 is 4.79 Å². The molecule has 0 bridgehead atoms. The van der Waals surface area contributed by atoms with E-state index in [4.69, 9.17) is 11.6 Å². The zero-order chi connectivity index (χ0) is 11.4. The number of halogens is 1. The molecule has 0 radical (unpaired) electrons. The van der Waals surface area contributed by atoms with Gasteiger partial charge in [0, 0.05) is 43.7 Å². The number of hydrogen-bond acceptors (Lipinski definition) is 3. The van der Waals surface area contributed by atoms with Gasteiger partial charge in [0.15, 0.2) is 0 Å². The minimum absolute atomic E-state index is 0.208. The second-order valence-corrected chi connectivity index (χ2v) is 4.32. The smallest absolute Gasteiger partial charge is 0.222 e. The van der Waals surface area contributed by atoms with Crippen molar-refractivity contribution in [2.75, 3.05) is 19.0 Å². The number of carbonyl (C=O) groups is 1. The van der Waals surface area contributed by atoms with Gasteiger partial charge in [-0.3, -0.25) is 4.79 Å². The molecule has 1 fully saturated rings. The van der Waals surface area contributed by atoms with Gasteiger partial charge in [0.2, 0.25) is 5.91 Å². The highest BCUT2D eigenvalue weighted by atomic mass is 35.5. The molecule has 1 aliphatic rings. The normalized spacial score (nSPS) is 20.4. The van der Waals surface area contributed by atoms with E-state index in [0.717, 1.165) is 25.2 Å². The Morgan fingerprint density at radius 1 is 1.56 bits per heavy atom. The number of nitrogens with zero attached hydrogens (tertiary/aromatic N) is 3. The summed E-state index contributed by atoms with van der Waals surface area (Å²) in [6.07, 6.45) is 4.62. The third-order valence-electron chi connectivity index (χ3n) is 2.79. The molecule has 0 saturated carbocycles. The molecule has 1 unspecified atom stereocenters. The predicted octanol–water partition coefficient (Wildman–Crippen LogP) is 1.11. The van der Waals surface area contributed by atoms with Gasteiger partial charge in [0.05, 0.1) is 0 Å². The van der Waals surface area contributed by atoms with E-state index in [1.807, 2.05) is 11.0 Å². The topological polar surface area (TPSA) is 46.1 Å². The Hall–Kier alpha value is -1.16. The fraction of sp³-hybridized carbons (Fsp3) is 0.545. The Bertz CT molecular complexity index is 358. The van der Waals surface area contributed by atoms with Gasteiger partial charge in [0.25, 0.3) is 0 Å². The van der Waals surface area contributed by atoms with Crippen LogP contribution in [0.2, 0.25) is 0 Å². The maximum absolute atomic E-state index is 11.6. The summed E-state index contributed by atoms with van der Waals surface area (Å²) in [5.41, 5.74) is 0.970. The van der Waals surface area contributed by atoms with Crippen LogP contribution in [0.4, 0.5) is 0 Å².